The van der Waals surface area contributed by atoms with Crippen LogP contribution in [0.2, 0.25) is 0 Å². The Balaban J connectivity index is 0.000000500. The number of aromatic nitrogens is 1. The van der Waals surface area contributed by atoms with Crippen molar-refractivity contribution in [1.29, 1.82) is 0 Å². The molecule has 5 aromatic carbocycles. The quantitative estimate of drug-likeness (QED) is 0.0908. The van der Waals surface area contributed by atoms with Crippen LogP contribution in [0.15, 0.2) is 133 Å². The van der Waals surface area contributed by atoms with Gasteiger partial charge in [0, 0.05) is 24.0 Å². The smallest absolute Gasteiger partial charge is 0.224 e. The van der Waals surface area contributed by atoms with E-state index in [0.717, 1.165) is 5.56 Å². The highest BCUT2D eigenvalue weighted by Gasteiger charge is 2.47. The lowest BCUT2D eigenvalue weighted by atomic mass is 9.12. The molecule has 400 valence electrons. The molecule has 6 aromatic rings. The second-order valence-corrected chi connectivity index (χ2v) is 18.2. The van der Waals surface area contributed by atoms with Crippen LogP contribution in [0.3, 0.4) is 0 Å². The Hall–Kier alpha value is -6.42. The average molecular weight is 1110 g/mol. The van der Waals surface area contributed by atoms with Crippen molar-refractivity contribution < 1.29 is 118 Å². The molecule has 0 aliphatic heterocycles. The fourth-order valence-corrected chi connectivity index (χ4v) is 8.39. The van der Waals surface area contributed by atoms with Crippen LogP contribution in [0.5, 0.6) is 0 Å². The van der Waals surface area contributed by atoms with E-state index in [1.54, 1.807) is 18.2 Å². The minimum atomic E-state index is -6.13. The normalized spacial score (nSPS) is 13.6. The summed E-state index contributed by atoms with van der Waals surface area (Å²) in [7, 11) is -3.13. The summed E-state index contributed by atoms with van der Waals surface area (Å²) in [6.07, 6.45) is -49.7. The molecule has 0 spiro atoms. The maximum Gasteiger partial charge on any atom is 0.416 e. The van der Waals surface area contributed by atoms with Gasteiger partial charge >= 0.3 is 49.4 Å². The fourth-order valence-electron chi connectivity index (χ4n) is 7.70. The maximum atomic E-state index is 14.2. The molecule has 0 radical (unpaired) electrons. The van der Waals surface area contributed by atoms with Gasteiger partial charge < -0.3 is 0 Å². The van der Waals surface area contributed by atoms with Gasteiger partial charge in [0.25, 0.3) is 0 Å². The van der Waals surface area contributed by atoms with Crippen molar-refractivity contribution in [3.05, 3.63) is 178 Å². The predicted octanol–water partition coefficient (Wildman–Crippen LogP) is 12.6. The Kier molecular flexibility index (Phi) is 15.6. The number of halogens is 24. The molecule has 1 aromatic heterocycles. The summed E-state index contributed by atoms with van der Waals surface area (Å²) in [5.41, 5.74) is -29.2. The van der Waals surface area contributed by atoms with Crippen LogP contribution in [0.1, 0.15) is 50.1 Å². The van der Waals surface area contributed by atoms with E-state index in [1.807, 2.05) is 41.2 Å². The third kappa shape index (κ3) is 13.6. The summed E-state index contributed by atoms with van der Waals surface area (Å²) in [5, 5.41) is 0. The number of nitrogens with zero attached hydrogens (tertiary/aromatic N) is 1. The molecule has 0 aliphatic rings. The zero-order valence-corrected chi connectivity index (χ0v) is 37.0. The molecule has 6 rings (SSSR count). The van der Waals surface area contributed by atoms with Crippen LogP contribution in [-0.2, 0) is 65.8 Å². The molecule has 0 fully saturated rings. The summed E-state index contributed by atoms with van der Waals surface area (Å²) >= 11 is 0. The Bertz CT molecular complexity index is 2670. The highest BCUT2D eigenvalue weighted by Crippen LogP contribution is 2.41. The first-order valence-electron chi connectivity index (χ1n) is 19.9. The Morgan fingerprint density at radius 2 is 0.595 bits per heavy atom. The van der Waals surface area contributed by atoms with Crippen molar-refractivity contribution in [2.45, 2.75) is 60.9 Å². The highest BCUT2D eigenvalue weighted by atomic mass is 32.2. The standard InChI is InChI=1S/C32H12BF24.C13H14NO2S/c34-25(35,36)13-1-14(26(37,38)39)6-21(5-13)33(22-7-15(27(40,41)42)2-16(8-22)28(43,44)45,23-9-17(29(46,47)48)3-18(10-23)30(49,50)51)24-11-19(31(52,53)54)4-20(12-24)32(55,56)57;1-17(15,16)13-7-5-6-12(10-13)11-14-8-3-2-4-9-14/h1-12H;2-10H,11H2,1H3/q-1;+1. The lowest BCUT2D eigenvalue weighted by molar-refractivity contribution is -0.688. The average Bonchev–Trinajstić information content (AvgIpc) is 3.24. The first-order valence-corrected chi connectivity index (χ1v) is 21.8. The molecule has 74 heavy (non-hydrogen) atoms. The van der Waals surface area contributed by atoms with Gasteiger partial charge in [0.1, 0.15) is 6.15 Å². The van der Waals surface area contributed by atoms with Gasteiger partial charge in [-0.25, -0.2) is 13.0 Å². The molecular weight excluding hydrogens is 1090 g/mol. The van der Waals surface area contributed by atoms with Crippen molar-refractivity contribution in [2.24, 2.45) is 0 Å². The lowest BCUT2D eigenvalue weighted by Gasteiger charge is -2.46. The van der Waals surface area contributed by atoms with E-state index < -0.39 is 205 Å². The number of hydrogen-bond acceptors (Lipinski definition) is 2. The molecule has 0 unspecified atom stereocenters. The summed E-state index contributed by atoms with van der Waals surface area (Å²) in [5.74, 6) is 0. The summed E-state index contributed by atoms with van der Waals surface area (Å²) in [6, 6.07) is 4.06. The van der Waals surface area contributed by atoms with Gasteiger partial charge in [0.15, 0.2) is 28.8 Å². The minimum absolute atomic E-state index is 0.367. The third-order valence-electron chi connectivity index (χ3n) is 10.9. The molecule has 3 nitrogen and oxygen atoms in total. The van der Waals surface area contributed by atoms with Crippen molar-refractivity contribution in [3.8, 4) is 0 Å². The number of rotatable bonds is 7. The lowest BCUT2D eigenvalue weighted by Crippen LogP contribution is -2.75. The maximum absolute atomic E-state index is 14.2. The van der Waals surface area contributed by atoms with Crippen LogP contribution >= 0.6 is 0 Å². The molecule has 0 bridgehead atoms. The van der Waals surface area contributed by atoms with Crippen molar-refractivity contribution in [3.63, 3.8) is 0 Å². The van der Waals surface area contributed by atoms with E-state index >= 15 is 0 Å². The van der Waals surface area contributed by atoms with Crippen LogP contribution < -0.4 is 26.4 Å². The molecule has 0 saturated heterocycles. The first kappa shape index (κ1) is 58.5. The second-order valence-electron chi connectivity index (χ2n) is 16.2. The van der Waals surface area contributed by atoms with Gasteiger partial charge in [-0.05, 0) is 36.4 Å². The number of hydrogen-bond donors (Lipinski definition) is 0. The number of pyridine rings is 1. The molecular formula is C45H26BF24NO2S. The van der Waals surface area contributed by atoms with Crippen LogP contribution in [0.4, 0.5) is 105 Å². The van der Waals surface area contributed by atoms with E-state index in [2.05, 4.69) is 0 Å². The van der Waals surface area contributed by atoms with E-state index in [1.165, 1.54) is 6.26 Å². The van der Waals surface area contributed by atoms with Crippen LogP contribution in [0.25, 0.3) is 0 Å². The topological polar surface area (TPSA) is 38.0 Å². The number of benzene rings is 5. The summed E-state index contributed by atoms with van der Waals surface area (Å²) < 4.78 is 366. The van der Waals surface area contributed by atoms with Gasteiger partial charge in [-0.15, -0.1) is 0 Å². The van der Waals surface area contributed by atoms with Crippen molar-refractivity contribution in [2.75, 3.05) is 6.26 Å². The Morgan fingerprint density at radius 3 is 0.811 bits per heavy atom. The summed E-state index contributed by atoms with van der Waals surface area (Å²) in [4.78, 5) is 0.367. The van der Waals surface area contributed by atoms with Gasteiger partial charge in [-0.3, -0.25) is 0 Å². The van der Waals surface area contributed by atoms with E-state index in [-0.39, 0.29) is 0 Å². The molecule has 29 heteroatoms. The zero-order chi connectivity index (χ0) is 56.2. The molecule has 0 N–H and O–H groups in total. The van der Waals surface area contributed by atoms with Gasteiger partial charge in [0.2, 0.25) is 0 Å². The van der Waals surface area contributed by atoms with Crippen molar-refractivity contribution >= 4 is 37.8 Å². The minimum Gasteiger partial charge on any atom is -0.224 e. The number of sulfone groups is 1. The van der Waals surface area contributed by atoms with E-state index in [0.29, 0.717) is 11.4 Å². The van der Waals surface area contributed by atoms with Gasteiger partial charge in [0.05, 0.1) is 49.4 Å². The fraction of sp³-hybridized carbons (Fsp3) is 0.222. The first-order chi connectivity index (χ1) is 33.3. The summed E-state index contributed by atoms with van der Waals surface area (Å²) in [6.45, 7) is 0.671. The Morgan fingerprint density at radius 1 is 0.351 bits per heavy atom. The van der Waals surface area contributed by atoms with E-state index in [9.17, 15) is 114 Å². The molecule has 0 amide bonds. The Labute approximate surface area is 400 Å². The molecule has 1 heterocycles. The number of alkyl halides is 24. The molecule has 0 atom stereocenters. The third-order valence-corrected chi connectivity index (χ3v) is 12.0. The van der Waals surface area contributed by atoms with Gasteiger partial charge in [-0.1, -0.05) is 66.7 Å². The monoisotopic (exact) mass is 1110 g/mol. The SMILES string of the molecule is CS(=O)(=O)c1cccc(C[n+]2ccccc2)c1.FC(F)(F)c1cc([B-](c2cc(C(F)(F)F)cc(C(F)(F)F)c2)(c2cc(C(F)(F)F)cc(C(F)(F)F)c2)c2cc(C(F)(F)F)cc(C(F)(F)F)c2)cc(C(F)(F)F)c1. The van der Waals surface area contributed by atoms with E-state index in [4.69, 9.17) is 0 Å². The predicted molar refractivity (Wildman–Crippen MR) is 215 cm³/mol. The molecule has 0 aliphatic carbocycles. The second kappa shape index (κ2) is 19.7. The zero-order valence-electron chi connectivity index (χ0n) is 36.2. The highest BCUT2D eigenvalue weighted by molar-refractivity contribution is 7.90. The molecule has 0 saturated carbocycles. The van der Waals surface area contributed by atoms with Crippen molar-refractivity contribution in [1.82, 2.24) is 0 Å². The van der Waals surface area contributed by atoms with Crippen LogP contribution in [0, 0.1) is 0 Å². The van der Waals surface area contributed by atoms with Gasteiger partial charge in [-0.2, -0.15) is 127 Å². The largest absolute Gasteiger partial charge is 0.416 e. The van der Waals surface area contributed by atoms with Crippen LogP contribution in [-0.4, -0.2) is 20.8 Å².